The van der Waals surface area contributed by atoms with Crippen molar-refractivity contribution in [2.24, 2.45) is 10.8 Å². The third-order valence-corrected chi connectivity index (χ3v) is 6.02. The van der Waals surface area contributed by atoms with Gasteiger partial charge in [-0.05, 0) is 21.3 Å². The van der Waals surface area contributed by atoms with Crippen molar-refractivity contribution in [2.45, 2.75) is 41.5 Å². The summed E-state index contributed by atoms with van der Waals surface area (Å²) in [5.74, 6) is -0.133. The van der Waals surface area contributed by atoms with Gasteiger partial charge in [0, 0.05) is 19.6 Å². The highest BCUT2D eigenvalue weighted by Gasteiger charge is 2.41. The van der Waals surface area contributed by atoms with Crippen molar-refractivity contribution >= 4 is 29.3 Å². The molecule has 0 bridgehead atoms. The molecule has 0 amide bonds. The first kappa shape index (κ1) is 19.0. The molecule has 0 N–H and O–H groups in total. The summed E-state index contributed by atoms with van der Waals surface area (Å²) in [5.41, 5.74) is -1.11. The first-order valence-electron chi connectivity index (χ1n) is 5.98. The van der Waals surface area contributed by atoms with Gasteiger partial charge in [0.05, 0.1) is 9.80 Å². The highest BCUT2D eigenvalue weighted by Crippen LogP contribution is 2.63. The minimum absolute atomic E-state index is 0.133. The minimum atomic E-state index is -3.48. The number of halogens is 1. The number of hydrogen-bond donors (Lipinski definition) is 0. The Hall–Kier alpha value is 0.0400. The number of hydrogen-bond acceptors (Lipinski definition) is 4. The topological polar surface area (TPSA) is 52.6 Å². The monoisotopic (exact) mass is 354 g/mol. The second-order valence-corrected chi connectivity index (χ2v) is 9.32. The van der Waals surface area contributed by atoms with Crippen molar-refractivity contribution in [1.29, 1.82) is 0 Å². The van der Waals surface area contributed by atoms with Crippen LogP contribution in [0.4, 0.5) is 0 Å². The molecule has 6 heteroatoms. The van der Waals surface area contributed by atoms with Gasteiger partial charge in [-0.2, -0.15) is 0 Å². The highest BCUT2D eigenvalue weighted by atomic mass is 79.9. The summed E-state index contributed by atoms with van der Waals surface area (Å²) in [6, 6.07) is 0. The lowest BCUT2D eigenvalue weighted by atomic mass is 9.87. The molecule has 19 heavy (non-hydrogen) atoms. The minimum Gasteiger partial charge on any atom is -0.309 e. The van der Waals surface area contributed by atoms with Crippen LogP contribution < -0.4 is 0 Å². The molecule has 0 rings (SSSR count). The molecule has 0 unspecified atom stereocenters. The molecule has 0 saturated carbocycles. The highest BCUT2D eigenvalue weighted by molar-refractivity contribution is 9.12. The van der Waals surface area contributed by atoms with Crippen molar-refractivity contribution in [3.63, 3.8) is 0 Å². The van der Waals surface area contributed by atoms with E-state index in [9.17, 15) is 9.36 Å². The normalized spacial score (nSPS) is 15.2. The summed E-state index contributed by atoms with van der Waals surface area (Å²) in [6.45, 7) is 11.0. The predicted molar refractivity (Wildman–Crippen MR) is 81.5 cm³/mol. The Kier molecular flexibility index (Phi) is 6.22. The van der Waals surface area contributed by atoms with Gasteiger partial charge in [-0.15, -0.1) is 0 Å². The van der Waals surface area contributed by atoms with Crippen LogP contribution in [-0.4, -0.2) is 20.0 Å². The molecule has 0 radical (unpaired) electrons. The molecule has 0 heterocycles. The fraction of sp³-hybridized carbons (Fsp3) is 0.769. The number of allylic oxidation sites excluding steroid dienone is 2. The van der Waals surface area contributed by atoms with E-state index >= 15 is 0 Å². The van der Waals surface area contributed by atoms with E-state index in [0.29, 0.717) is 5.31 Å². The van der Waals surface area contributed by atoms with Crippen LogP contribution in [0.3, 0.4) is 0 Å². The van der Waals surface area contributed by atoms with Gasteiger partial charge < -0.3 is 9.05 Å². The van der Waals surface area contributed by atoms with Crippen molar-refractivity contribution in [1.82, 2.24) is 0 Å². The van der Waals surface area contributed by atoms with E-state index in [1.807, 2.05) is 20.8 Å². The fourth-order valence-electron chi connectivity index (χ4n) is 1.55. The zero-order chi connectivity index (χ0) is 15.6. The summed E-state index contributed by atoms with van der Waals surface area (Å²) in [7, 11) is -0.846. The zero-order valence-corrected chi connectivity index (χ0v) is 15.4. The first-order valence-corrected chi connectivity index (χ1v) is 8.32. The Morgan fingerprint density at radius 2 is 1.32 bits per heavy atom. The lowest BCUT2D eigenvalue weighted by Crippen LogP contribution is -2.24. The van der Waals surface area contributed by atoms with Gasteiger partial charge in [0.15, 0.2) is 5.78 Å². The van der Waals surface area contributed by atoms with Gasteiger partial charge in [-0.3, -0.25) is 9.36 Å². The molecule has 0 aromatic heterocycles. The molecular weight excluding hydrogens is 331 g/mol. The standard InChI is InChI=1S/C13H24BrO4P/c1-12(2,3)10(15)9(14)11(13(4,5)6)19(16,17-7)18-8/h1-8H3/b11-9+. The smallest absolute Gasteiger partial charge is 0.309 e. The maximum Gasteiger partial charge on any atom is 0.358 e. The van der Waals surface area contributed by atoms with E-state index in [-0.39, 0.29) is 10.3 Å². The number of carbonyl (C=O) groups is 1. The second kappa shape index (κ2) is 6.21. The molecule has 0 spiro atoms. The molecule has 0 fully saturated rings. The number of carbonyl (C=O) groups excluding carboxylic acids is 1. The molecule has 4 nitrogen and oxygen atoms in total. The van der Waals surface area contributed by atoms with Crippen LogP contribution in [-0.2, 0) is 18.4 Å². The van der Waals surface area contributed by atoms with E-state index in [1.165, 1.54) is 14.2 Å². The average molecular weight is 355 g/mol. The van der Waals surface area contributed by atoms with Crippen molar-refractivity contribution in [2.75, 3.05) is 14.2 Å². The van der Waals surface area contributed by atoms with E-state index in [0.717, 1.165) is 0 Å². The molecule has 0 aliphatic rings. The Morgan fingerprint density at radius 1 is 0.947 bits per heavy atom. The first-order chi connectivity index (χ1) is 8.31. The summed E-state index contributed by atoms with van der Waals surface area (Å²) in [6.07, 6.45) is 0. The lowest BCUT2D eigenvalue weighted by Gasteiger charge is -2.30. The Labute approximate surface area is 124 Å². The number of ketones is 1. The average Bonchev–Trinajstić information content (AvgIpc) is 2.24. The van der Waals surface area contributed by atoms with Crippen LogP contribution in [0.2, 0.25) is 0 Å². The van der Waals surface area contributed by atoms with Crippen LogP contribution in [0.15, 0.2) is 9.80 Å². The second-order valence-electron chi connectivity index (χ2n) is 6.35. The Bertz CT molecular complexity index is 419. The van der Waals surface area contributed by atoms with Crippen LogP contribution >= 0.6 is 23.5 Å². The van der Waals surface area contributed by atoms with Gasteiger partial charge in [-0.25, -0.2) is 0 Å². The van der Waals surface area contributed by atoms with Crippen LogP contribution in [0.1, 0.15) is 41.5 Å². The Balaban J connectivity index is 6.19. The van der Waals surface area contributed by atoms with Gasteiger partial charge in [0.2, 0.25) is 0 Å². The van der Waals surface area contributed by atoms with E-state index < -0.39 is 18.4 Å². The molecule has 112 valence electrons. The summed E-state index contributed by atoms with van der Waals surface area (Å²) in [4.78, 5) is 12.4. The lowest BCUT2D eigenvalue weighted by molar-refractivity contribution is -0.121. The largest absolute Gasteiger partial charge is 0.358 e. The van der Waals surface area contributed by atoms with E-state index in [1.54, 1.807) is 20.8 Å². The number of Topliss-reactive ketones (excluding diaryl/α,β-unsaturated/α-hetero) is 1. The molecule has 0 aliphatic heterocycles. The van der Waals surface area contributed by atoms with Crippen LogP contribution in [0.5, 0.6) is 0 Å². The third-order valence-electron chi connectivity index (χ3n) is 2.55. The molecule has 0 aliphatic carbocycles. The van der Waals surface area contributed by atoms with E-state index in [2.05, 4.69) is 15.9 Å². The maximum absolute atomic E-state index is 12.7. The zero-order valence-electron chi connectivity index (χ0n) is 13.0. The molecule has 0 aromatic carbocycles. The predicted octanol–water partition coefficient (Wildman–Crippen LogP) is 4.74. The SMILES string of the molecule is COP(=O)(OC)/C(=C(/Br)C(=O)C(C)(C)C)C(C)(C)C. The third kappa shape index (κ3) is 4.52. The van der Waals surface area contributed by atoms with Gasteiger partial charge in [0.25, 0.3) is 0 Å². The molecule has 0 saturated heterocycles. The maximum atomic E-state index is 12.7. The van der Waals surface area contributed by atoms with Gasteiger partial charge in [0.1, 0.15) is 0 Å². The van der Waals surface area contributed by atoms with Crippen LogP contribution in [0.25, 0.3) is 0 Å². The molecule has 0 aromatic rings. The Morgan fingerprint density at radius 3 is 1.53 bits per heavy atom. The number of rotatable bonds is 4. The quantitative estimate of drug-likeness (QED) is 0.540. The van der Waals surface area contributed by atoms with Crippen LogP contribution in [0, 0.1) is 10.8 Å². The summed E-state index contributed by atoms with van der Waals surface area (Å²) < 4.78 is 23.1. The van der Waals surface area contributed by atoms with E-state index in [4.69, 9.17) is 9.05 Å². The molecular formula is C13H24BrO4P. The van der Waals surface area contributed by atoms with Crippen molar-refractivity contribution in [3.8, 4) is 0 Å². The fourth-order valence-corrected chi connectivity index (χ4v) is 5.07. The molecule has 0 atom stereocenters. The van der Waals surface area contributed by atoms with Crippen molar-refractivity contribution < 1.29 is 18.4 Å². The van der Waals surface area contributed by atoms with Gasteiger partial charge >= 0.3 is 7.60 Å². The summed E-state index contributed by atoms with van der Waals surface area (Å²) >= 11 is 3.30. The van der Waals surface area contributed by atoms with Crippen molar-refractivity contribution in [3.05, 3.63) is 9.80 Å². The van der Waals surface area contributed by atoms with Gasteiger partial charge in [-0.1, -0.05) is 41.5 Å². The summed E-state index contributed by atoms with van der Waals surface area (Å²) in [5, 5.41) is 0.366.